The number of nitrogens with zero attached hydrogens (tertiary/aromatic N) is 5. The first-order valence-electron chi connectivity index (χ1n) is 16.8. The predicted octanol–water partition coefficient (Wildman–Crippen LogP) is 11.7. The highest BCUT2D eigenvalue weighted by molar-refractivity contribution is 7.25. The number of fused-ring (bicyclic) bond motifs is 5. The van der Waals surface area contributed by atoms with E-state index >= 15 is 0 Å². The zero-order valence-corrected chi connectivity index (χ0v) is 28.0. The van der Waals surface area contributed by atoms with Crippen LogP contribution in [0.4, 0.5) is 0 Å². The van der Waals surface area contributed by atoms with Gasteiger partial charge in [-0.2, -0.15) is 0 Å². The Morgan fingerprint density at radius 2 is 0.980 bits per heavy atom. The molecule has 10 rings (SSSR count). The highest BCUT2D eigenvalue weighted by Gasteiger charge is 2.18. The molecule has 0 aliphatic rings. The van der Waals surface area contributed by atoms with Crippen molar-refractivity contribution in [1.29, 1.82) is 0 Å². The summed E-state index contributed by atoms with van der Waals surface area (Å²) in [6.07, 6.45) is 0. The number of aromatic nitrogens is 5. The molecule has 0 radical (unpaired) electrons. The maximum Gasteiger partial charge on any atom is 0.164 e. The Morgan fingerprint density at radius 1 is 0.353 bits per heavy atom. The summed E-state index contributed by atoms with van der Waals surface area (Å²) in [5.74, 6) is 1.89. The van der Waals surface area contributed by atoms with Crippen molar-refractivity contribution >= 4 is 53.3 Å². The lowest BCUT2D eigenvalue weighted by Gasteiger charge is -2.14. The molecule has 0 spiro atoms. The van der Waals surface area contributed by atoms with Crippen molar-refractivity contribution in [2.24, 2.45) is 0 Å². The molecule has 6 heteroatoms. The smallest absolute Gasteiger partial charge is 0.164 e. The van der Waals surface area contributed by atoms with Crippen molar-refractivity contribution in [2.45, 2.75) is 0 Å². The van der Waals surface area contributed by atoms with E-state index < -0.39 is 0 Å². The third-order valence-corrected chi connectivity index (χ3v) is 10.4. The lowest BCUT2D eigenvalue weighted by molar-refractivity contribution is 1.08. The average molecular weight is 670 g/mol. The first-order chi connectivity index (χ1) is 25.2. The summed E-state index contributed by atoms with van der Waals surface area (Å²) in [6.45, 7) is 0. The van der Waals surface area contributed by atoms with E-state index in [0.717, 1.165) is 66.4 Å². The van der Waals surface area contributed by atoms with Crippen molar-refractivity contribution < 1.29 is 0 Å². The maximum absolute atomic E-state index is 5.19. The van der Waals surface area contributed by atoms with Crippen LogP contribution in [0.5, 0.6) is 0 Å². The molecule has 0 aliphatic heterocycles. The minimum Gasteiger partial charge on any atom is -0.246 e. The highest BCUT2D eigenvalue weighted by Crippen LogP contribution is 2.39. The molecule has 0 aliphatic carbocycles. The molecule has 0 amide bonds. The van der Waals surface area contributed by atoms with E-state index in [2.05, 4.69) is 97.1 Å². The Balaban J connectivity index is 1.21. The molecular weight excluding hydrogens is 643 g/mol. The summed E-state index contributed by atoms with van der Waals surface area (Å²) in [6, 6.07) is 56.3. The van der Waals surface area contributed by atoms with Crippen molar-refractivity contribution in [3.63, 3.8) is 0 Å². The van der Waals surface area contributed by atoms with Crippen molar-refractivity contribution in [2.75, 3.05) is 0 Å². The number of hydrogen-bond donors (Lipinski definition) is 0. The molecule has 4 heterocycles. The van der Waals surface area contributed by atoms with Crippen LogP contribution in [-0.2, 0) is 0 Å². The van der Waals surface area contributed by atoms with Crippen LogP contribution in [0.15, 0.2) is 164 Å². The summed E-state index contributed by atoms with van der Waals surface area (Å²) in [4.78, 5) is 25.5. The van der Waals surface area contributed by atoms with E-state index in [0.29, 0.717) is 17.5 Å². The van der Waals surface area contributed by atoms with Crippen LogP contribution in [0.1, 0.15) is 0 Å². The normalized spacial score (nSPS) is 11.5. The second-order valence-corrected chi connectivity index (χ2v) is 13.6. The third kappa shape index (κ3) is 5.21. The van der Waals surface area contributed by atoms with Crippen LogP contribution in [-0.4, -0.2) is 24.9 Å². The van der Waals surface area contributed by atoms with Gasteiger partial charge in [-0.1, -0.05) is 121 Å². The fourth-order valence-electron chi connectivity index (χ4n) is 6.86. The molecule has 0 bridgehead atoms. The fourth-order valence-corrected chi connectivity index (χ4v) is 7.91. The van der Waals surface area contributed by atoms with Crippen LogP contribution in [0.3, 0.4) is 0 Å². The first kappa shape index (κ1) is 29.3. The van der Waals surface area contributed by atoms with Crippen LogP contribution >= 0.6 is 11.3 Å². The molecule has 0 fully saturated rings. The van der Waals surface area contributed by atoms with Crippen molar-refractivity contribution in [3.8, 4) is 56.7 Å². The molecule has 10 aromatic rings. The summed E-state index contributed by atoms with van der Waals surface area (Å²) in [7, 11) is 0. The first-order valence-corrected chi connectivity index (χ1v) is 17.7. The van der Waals surface area contributed by atoms with Gasteiger partial charge >= 0.3 is 0 Å². The van der Waals surface area contributed by atoms with Gasteiger partial charge in [-0.15, -0.1) is 11.3 Å². The van der Waals surface area contributed by atoms with Gasteiger partial charge in [0.2, 0.25) is 0 Å². The Morgan fingerprint density at radius 3 is 1.75 bits per heavy atom. The Kier molecular flexibility index (Phi) is 6.93. The number of para-hydroxylation sites is 1. The van der Waals surface area contributed by atoms with E-state index in [1.807, 2.05) is 66.7 Å². The van der Waals surface area contributed by atoms with Gasteiger partial charge in [0.25, 0.3) is 0 Å². The number of pyridine rings is 2. The van der Waals surface area contributed by atoms with E-state index in [9.17, 15) is 0 Å². The Hall–Kier alpha value is -6.63. The standard InChI is InChI=1S/C45H27N5S/c1-3-13-28(14-4-1)43-48-44(29-15-5-2-6-16-29)50-45(49-43)36-26-31(25-30-17-7-8-18-32(30)36)35-27-39(46-37-21-11-9-19-33(35)37)38-23-24-41-42(47-38)34-20-10-12-22-40(34)51-41/h1-27H. The summed E-state index contributed by atoms with van der Waals surface area (Å²) >= 11 is 1.77. The molecule has 0 atom stereocenters. The average Bonchev–Trinajstić information content (AvgIpc) is 3.58. The fraction of sp³-hybridized carbons (Fsp3) is 0. The number of benzene rings is 6. The largest absolute Gasteiger partial charge is 0.246 e. The van der Waals surface area contributed by atoms with Gasteiger partial charge in [0.05, 0.1) is 27.1 Å². The minimum atomic E-state index is 0.621. The second kappa shape index (κ2) is 12.1. The summed E-state index contributed by atoms with van der Waals surface area (Å²) < 4.78 is 2.40. The van der Waals surface area contributed by atoms with Crippen molar-refractivity contribution in [1.82, 2.24) is 24.9 Å². The zero-order valence-electron chi connectivity index (χ0n) is 27.2. The Bertz CT molecular complexity index is 2860. The number of rotatable bonds is 5. The molecule has 0 saturated heterocycles. The third-order valence-electron chi connectivity index (χ3n) is 9.31. The molecule has 0 N–H and O–H groups in total. The molecule has 5 nitrogen and oxygen atoms in total. The van der Waals surface area contributed by atoms with E-state index in [-0.39, 0.29) is 0 Å². The van der Waals surface area contributed by atoms with Gasteiger partial charge in [0.1, 0.15) is 0 Å². The number of hydrogen-bond acceptors (Lipinski definition) is 6. The zero-order chi connectivity index (χ0) is 33.7. The summed E-state index contributed by atoms with van der Waals surface area (Å²) in [5, 5.41) is 4.40. The van der Waals surface area contributed by atoms with E-state index in [4.69, 9.17) is 24.9 Å². The predicted molar refractivity (Wildman–Crippen MR) is 210 cm³/mol. The van der Waals surface area contributed by atoms with Gasteiger partial charge in [-0.3, -0.25) is 0 Å². The van der Waals surface area contributed by atoms with Gasteiger partial charge in [0, 0.05) is 32.2 Å². The second-order valence-electron chi connectivity index (χ2n) is 12.5. The van der Waals surface area contributed by atoms with E-state index in [1.165, 1.54) is 14.8 Å². The monoisotopic (exact) mass is 669 g/mol. The lowest BCUT2D eigenvalue weighted by atomic mass is 9.93. The molecule has 4 aromatic heterocycles. The molecule has 0 unspecified atom stereocenters. The summed E-state index contributed by atoms with van der Waals surface area (Å²) in [5.41, 5.74) is 8.52. The lowest BCUT2D eigenvalue weighted by Crippen LogP contribution is -2.01. The number of thiophene rings is 1. The van der Waals surface area contributed by atoms with Gasteiger partial charge in [-0.25, -0.2) is 24.9 Å². The minimum absolute atomic E-state index is 0.621. The maximum atomic E-state index is 5.19. The van der Waals surface area contributed by atoms with E-state index in [1.54, 1.807) is 11.3 Å². The topological polar surface area (TPSA) is 64.5 Å². The highest BCUT2D eigenvalue weighted by atomic mass is 32.1. The van der Waals surface area contributed by atoms with Gasteiger partial charge < -0.3 is 0 Å². The van der Waals surface area contributed by atoms with Gasteiger partial charge in [0.15, 0.2) is 17.5 Å². The molecule has 51 heavy (non-hydrogen) atoms. The molecule has 6 aromatic carbocycles. The SMILES string of the molecule is c1ccc(-c2nc(-c3ccccc3)nc(-c3cc(-c4cc(-c5ccc6sc7ccccc7c6n5)nc5ccccc45)cc4ccccc34)n2)cc1. The quantitative estimate of drug-likeness (QED) is 0.182. The van der Waals surface area contributed by atoms with Crippen LogP contribution in [0.2, 0.25) is 0 Å². The van der Waals surface area contributed by atoms with Crippen LogP contribution in [0, 0.1) is 0 Å². The van der Waals surface area contributed by atoms with Gasteiger partial charge in [-0.05, 0) is 64.4 Å². The van der Waals surface area contributed by atoms with Crippen LogP contribution in [0.25, 0.3) is 98.7 Å². The molecular formula is C45H27N5S. The molecule has 0 saturated carbocycles. The van der Waals surface area contributed by atoms with Crippen molar-refractivity contribution in [3.05, 3.63) is 164 Å². The Labute approximate surface area is 297 Å². The van der Waals surface area contributed by atoms with Crippen LogP contribution < -0.4 is 0 Å². The molecule has 238 valence electrons.